The SMILES string of the molecule is CC(OC(=O)c1ccccc1)C(=O)NC(C)c1ccccc1. The minimum Gasteiger partial charge on any atom is -0.449 e. The number of hydrogen-bond acceptors (Lipinski definition) is 3. The molecule has 114 valence electrons. The highest BCUT2D eigenvalue weighted by atomic mass is 16.5. The second kappa shape index (κ2) is 7.41. The third-order valence-corrected chi connectivity index (χ3v) is 3.32. The fourth-order valence-electron chi connectivity index (χ4n) is 2.01. The van der Waals surface area contributed by atoms with E-state index < -0.39 is 12.1 Å². The molecule has 2 aromatic carbocycles. The summed E-state index contributed by atoms with van der Waals surface area (Å²) in [6.07, 6.45) is -0.848. The van der Waals surface area contributed by atoms with Crippen LogP contribution in [0.2, 0.25) is 0 Å². The fourth-order valence-corrected chi connectivity index (χ4v) is 2.01. The lowest BCUT2D eigenvalue weighted by Gasteiger charge is -2.18. The van der Waals surface area contributed by atoms with Crippen molar-refractivity contribution in [1.82, 2.24) is 5.32 Å². The summed E-state index contributed by atoms with van der Waals surface area (Å²) in [6.45, 7) is 3.45. The Balaban J connectivity index is 1.91. The first-order valence-corrected chi connectivity index (χ1v) is 7.19. The molecule has 0 fully saturated rings. The summed E-state index contributed by atoms with van der Waals surface area (Å²) in [5, 5.41) is 2.84. The van der Waals surface area contributed by atoms with Crippen molar-refractivity contribution in [3.63, 3.8) is 0 Å². The molecule has 2 rings (SSSR count). The van der Waals surface area contributed by atoms with Crippen molar-refractivity contribution in [2.45, 2.75) is 26.0 Å². The molecule has 0 aromatic heterocycles. The van der Waals surface area contributed by atoms with Crippen LogP contribution in [0, 0.1) is 0 Å². The Bertz CT molecular complexity index is 625. The van der Waals surface area contributed by atoms with Gasteiger partial charge in [0.05, 0.1) is 11.6 Å². The highest BCUT2D eigenvalue weighted by Crippen LogP contribution is 2.12. The number of carbonyl (C=O) groups is 2. The molecule has 4 heteroatoms. The number of carbonyl (C=O) groups excluding carboxylic acids is 2. The maximum Gasteiger partial charge on any atom is 0.338 e. The Morgan fingerprint density at radius 1 is 0.909 bits per heavy atom. The molecule has 0 saturated carbocycles. The molecule has 4 nitrogen and oxygen atoms in total. The Kier molecular flexibility index (Phi) is 5.31. The summed E-state index contributed by atoms with van der Waals surface area (Å²) < 4.78 is 5.18. The van der Waals surface area contributed by atoms with Crippen molar-refractivity contribution < 1.29 is 14.3 Å². The molecule has 2 atom stereocenters. The quantitative estimate of drug-likeness (QED) is 0.863. The number of esters is 1. The molecule has 0 bridgehead atoms. The Labute approximate surface area is 130 Å². The maximum atomic E-state index is 12.1. The summed E-state index contributed by atoms with van der Waals surface area (Å²) in [6, 6.07) is 18.1. The van der Waals surface area contributed by atoms with Gasteiger partial charge in [-0.2, -0.15) is 0 Å². The number of rotatable bonds is 5. The van der Waals surface area contributed by atoms with E-state index in [1.807, 2.05) is 43.3 Å². The number of nitrogens with one attached hydrogen (secondary N) is 1. The van der Waals surface area contributed by atoms with Gasteiger partial charge < -0.3 is 10.1 Å². The van der Waals surface area contributed by atoms with Crippen LogP contribution in [0.4, 0.5) is 0 Å². The highest BCUT2D eigenvalue weighted by molar-refractivity contribution is 5.92. The van der Waals surface area contributed by atoms with E-state index in [0.717, 1.165) is 5.56 Å². The van der Waals surface area contributed by atoms with Crippen LogP contribution in [0.3, 0.4) is 0 Å². The third kappa shape index (κ3) is 4.19. The van der Waals surface area contributed by atoms with Gasteiger partial charge in [0, 0.05) is 0 Å². The van der Waals surface area contributed by atoms with Gasteiger partial charge in [-0.25, -0.2) is 4.79 Å². The van der Waals surface area contributed by atoms with Gasteiger partial charge in [0.1, 0.15) is 0 Å². The number of hydrogen-bond donors (Lipinski definition) is 1. The largest absolute Gasteiger partial charge is 0.449 e. The van der Waals surface area contributed by atoms with Crippen LogP contribution < -0.4 is 5.32 Å². The van der Waals surface area contributed by atoms with E-state index in [0.29, 0.717) is 5.56 Å². The van der Waals surface area contributed by atoms with E-state index in [9.17, 15) is 9.59 Å². The number of ether oxygens (including phenoxy) is 1. The van der Waals surface area contributed by atoms with Gasteiger partial charge in [-0.3, -0.25) is 4.79 Å². The third-order valence-electron chi connectivity index (χ3n) is 3.32. The molecule has 0 aliphatic heterocycles. The van der Waals surface area contributed by atoms with Gasteiger partial charge >= 0.3 is 5.97 Å². The molecule has 0 radical (unpaired) electrons. The molecule has 2 unspecified atom stereocenters. The van der Waals surface area contributed by atoms with Crippen LogP contribution in [0.25, 0.3) is 0 Å². The molecular weight excluding hydrogens is 278 g/mol. The lowest BCUT2D eigenvalue weighted by atomic mass is 10.1. The van der Waals surface area contributed by atoms with Crippen molar-refractivity contribution in [3.05, 3.63) is 71.8 Å². The van der Waals surface area contributed by atoms with Gasteiger partial charge in [0.15, 0.2) is 6.10 Å². The molecule has 1 amide bonds. The van der Waals surface area contributed by atoms with Crippen LogP contribution in [-0.4, -0.2) is 18.0 Å². The zero-order chi connectivity index (χ0) is 15.9. The summed E-state index contributed by atoms with van der Waals surface area (Å²) in [5.41, 5.74) is 1.43. The predicted molar refractivity (Wildman–Crippen MR) is 84.3 cm³/mol. The Hall–Kier alpha value is -2.62. The van der Waals surface area contributed by atoms with E-state index in [1.54, 1.807) is 31.2 Å². The zero-order valence-electron chi connectivity index (χ0n) is 12.7. The molecular formula is C18H19NO3. The molecule has 0 aliphatic carbocycles. The monoisotopic (exact) mass is 297 g/mol. The number of amides is 1. The Morgan fingerprint density at radius 2 is 1.45 bits per heavy atom. The molecule has 2 aromatic rings. The van der Waals surface area contributed by atoms with Crippen LogP contribution in [0.1, 0.15) is 35.8 Å². The topological polar surface area (TPSA) is 55.4 Å². The van der Waals surface area contributed by atoms with Gasteiger partial charge in [-0.15, -0.1) is 0 Å². The van der Waals surface area contributed by atoms with Crippen LogP contribution in [0.15, 0.2) is 60.7 Å². The second-order valence-corrected chi connectivity index (χ2v) is 5.05. The molecule has 0 spiro atoms. The van der Waals surface area contributed by atoms with Crippen molar-refractivity contribution in [1.29, 1.82) is 0 Å². The highest BCUT2D eigenvalue weighted by Gasteiger charge is 2.20. The van der Waals surface area contributed by atoms with Gasteiger partial charge in [-0.05, 0) is 31.5 Å². The minimum atomic E-state index is -0.848. The summed E-state index contributed by atoms with van der Waals surface area (Å²) in [7, 11) is 0. The van der Waals surface area contributed by atoms with Crippen molar-refractivity contribution in [2.75, 3.05) is 0 Å². The van der Waals surface area contributed by atoms with Gasteiger partial charge in [0.25, 0.3) is 5.91 Å². The molecule has 1 N–H and O–H groups in total. The summed E-state index contributed by atoms with van der Waals surface area (Å²) >= 11 is 0. The van der Waals surface area contributed by atoms with E-state index in [2.05, 4.69) is 5.32 Å². The summed E-state index contributed by atoms with van der Waals surface area (Å²) in [4.78, 5) is 24.0. The normalized spacial score (nSPS) is 13.0. The van der Waals surface area contributed by atoms with E-state index >= 15 is 0 Å². The molecule has 22 heavy (non-hydrogen) atoms. The van der Waals surface area contributed by atoms with E-state index in [-0.39, 0.29) is 11.9 Å². The van der Waals surface area contributed by atoms with Gasteiger partial charge in [0.2, 0.25) is 0 Å². The van der Waals surface area contributed by atoms with Crippen molar-refractivity contribution in [2.24, 2.45) is 0 Å². The van der Waals surface area contributed by atoms with Crippen LogP contribution >= 0.6 is 0 Å². The average molecular weight is 297 g/mol. The standard InChI is InChI=1S/C18H19NO3/c1-13(15-9-5-3-6-10-15)19-17(20)14(2)22-18(21)16-11-7-4-8-12-16/h3-14H,1-2H3,(H,19,20). The van der Waals surface area contributed by atoms with Crippen molar-refractivity contribution >= 4 is 11.9 Å². The Morgan fingerprint density at radius 3 is 2.05 bits per heavy atom. The van der Waals surface area contributed by atoms with Crippen LogP contribution in [-0.2, 0) is 9.53 Å². The summed E-state index contributed by atoms with van der Waals surface area (Å²) in [5.74, 6) is -0.823. The maximum absolute atomic E-state index is 12.1. The lowest BCUT2D eigenvalue weighted by Crippen LogP contribution is -2.37. The smallest absolute Gasteiger partial charge is 0.338 e. The zero-order valence-corrected chi connectivity index (χ0v) is 12.7. The average Bonchev–Trinajstić information content (AvgIpc) is 2.56. The second-order valence-electron chi connectivity index (χ2n) is 5.05. The van der Waals surface area contributed by atoms with E-state index in [4.69, 9.17) is 4.74 Å². The van der Waals surface area contributed by atoms with Gasteiger partial charge in [-0.1, -0.05) is 48.5 Å². The lowest BCUT2D eigenvalue weighted by molar-refractivity contribution is -0.129. The van der Waals surface area contributed by atoms with E-state index in [1.165, 1.54) is 0 Å². The minimum absolute atomic E-state index is 0.147. The molecule has 0 saturated heterocycles. The first-order chi connectivity index (χ1) is 10.6. The first-order valence-electron chi connectivity index (χ1n) is 7.19. The number of benzene rings is 2. The molecule has 0 aliphatic rings. The first kappa shape index (κ1) is 15.8. The van der Waals surface area contributed by atoms with Crippen molar-refractivity contribution in [3.8, 4) is 0 Å². The predicted octanol–water partition coefficient (Wildman–Crippen LogP) is 3.11. The van der Waals surface area contributed by atoms with Crippen LogP contribution in [0.5, 0.6) is 0 Å². The fraction of sp³-hybridized carbons (Fsp3) is 0.222. The molecule has 0 heterocycles.